The van der Waals surface area contributed by atoms with Gasteiger partial charge in [0.25, 0.3) is 0 Å². The van der Waals surface area contributed by atoms with E-state index < -0.39 is 0 Å². The van der Waals surface area contributed by atoms with Crippen LogP contribution in [0.4, 0.5) is 5.69 Å². The molecule has 6 heteroatoms. The Kier molecular flexibility index (Phi) is 5.26. The quantitative estimate of drug-likeness (QED) is 0.855. The summed E-state index contributed by atoms with van der Waals surface area (Å²) in [6.07, 6.45) is 2.37. The smallest absolute Gasteiger partial charge is 0.243 e. The number of rotatable bonds is 5. The van der Waals surface area contributed by atoms with Gasteiger partial charge in [0.1, 0.15) is 18.4 Å². The van der Waals surface area contributed by atoms with Crippen LogP contribution in [0.1, 0.15) is 12.8 Å². The van der Waals surface area contributed by atoms with E-state index in [0.29, 0.717) is 26.4 Å². The topological polar surface area (TPSA) is 68.8 Å². The first-order valence-corrected chi connectivity index (χ1v) is 7.78. The summed E-state index contributed by atoms with van der Waals surface area (Å²) in [6.45, 7) is 3.18. The van der Waals surface area contributed by atoms with E-state index in [1.165, 1.54) is 0 Å². The highest BCUT2D eigenvalue weighted by atomic mass is 16.5. The summed E-state index contributed by atoms with van der Waals surface area (Å²) in [5, 5.41) is 6.00. The Labute approximate surface area is 130 Å². The van der Waals surface area contributed by atoms with E-state index in [0.717, 1.165) is 30.9 Å². The van der Waals surface area contributed by atoms with E-state index in [-0.39, 0.29) is 18.1 Å². The lowest BCUT2D eigenvalue weighted by Gasteiger charge is -2.22. The van der Waals surface area contributed by atoms with Crippen molar-refractivity contribution < 1.29 is 19.0 Å². The van der Waals surface area contributed by atoms with Crippen LogP contribution in [0.15, 0.2) is 24.3 Å². The molecule has 2 atom stereocenters. The van der Waals surface area contributed by atoms with Crippen LogP contribution in [0, 0.1) is 0 Å². The van der Waals surface area contributed by atoms with Crippen LogP contribution in [-0.4, -0.2) is 51.0 Å². The Morgan fingerprint density at radius 2 is 2.18 bits per heavy atom. The molecule has 2 heterocycles. The van der Waals surface area contributed by atoms with Gasteiger partial charge in [-0.2, -0.15) is 0 Å². The molecule has 1 aromatic rings. The average molecular weight is 306 g/mol. The van der Waals surface area contributed by atoms with Gasteiger partial charge in [-0.15, -0.1) is 0 Å². The summed E-state index contributed by atoms with van der Waals surface area (Å²) in [5.74, 6) is 0.709. The minimum atomic E-state index is -0.288. The molecule has 2 fully saturated rings. The minimum Gasteiger partial charge on any atom is -0.491 e. The number of carbonyl (C=O) groups is 1. The number of amides is 1. The fraction of sp³-hybridized carbons (Fsp3) is 0.562. The van der Waals surface area contributed by atoms with Gasteiger partial charge >= 0.3 is 0 Å². The maximum absolute atomic E-state index is 12.1. The van der Waals surface area contributed by atoms with Crippen molar-refractivity contribution in [3.63, 3.8) is 0 Å². The van der Waals surface area contributed by atoms with Crippen LogP contribution in [0.5, 0.6) is 5.75 Å². The first-order valence-electron chi connectivity index (χ1n) is 7.78. The minimum absolute atomic E-state index is 0.0762. The largest absolute Gasteiger partial charge is 0.491 e. The maximum Gasteiger partial charge on any atom is 0.243 e. The Morgan fingerprint density at radius 3 is 2.86 bits per heavy atom. The van der Waals surface area contributed by atoms with Crippen molar-refractivity contribution in [3.8, 4) is 5.75 Å². The molecule has 1 amide bonds. The number of anilines is 1. The monoisotopic (exact) mass is 306 g/mol. The zero-order chi connectivity index (χ0) is 15.2. The normalized spacial score (nSPS) is 24.9. The van der Waals surface area contributed by atoms with E-state index in [2.05, 4.69) is 10.6 Å². The molecule has 0 spiro atoms. The SMILES string of the molecule is O=C(Nc1ccc(OCC2CCCO2)cc1)C1COCCN1. The summed E-state index contributed by atoms with van der Waals surface area (Å²) in [7, 11) is 0. The first-order chi connectivity index (χ1) is 10.8. The maximum atomic E-state index is 12.1. The van der Waals surface area contributed by atoms with Crippen LogP contribution < -0.4 is 15.4 Å². The third-order valence-electron chi connectivity index (χ3n) is 3.82. The van der Waals surface area contributed by atoms with Crippen molar-refractivity contribution in [3.05, 3.63) is 24.3 Å². The van der Waals surface area contributed by atoms with E-state index in [1.807, 2.05) is 24.3 Å². The third kappa shape index (κ3) is 4.19. The van der Waals surface area contributed by atoms with Gasteiger partial charge in [-0.3, -0.25) is 4.79 Å². The lowest BCUT2D eigenvalue weighted by Crippen LogP contribution is -2.48. The van der Waals surface area contributed by atoms with Crippen molar-refractivity contribution in [1.29, 1.82) is 0 Å². The highest BCUT2D eigenvalue weighted by Gasteiger charge is 2.21. The molecule has 22 heavy (non-hydrogen) atoms. The van der Waals surface area contributed by atoms with Crippen LogP contribution in [0.25, 0.3) is 0 Å². The predicted octanol–water partition coefficient (Wildman–Crippen LogP) is 1.17. The number of morpholine rings is 1. The summed E-state index contributed by atoms with van der Waals surface area (Å²) in [6, 6.07) is 7.10. The van der Waals surface area contributed by atoms with E-state index in [1.54, 1.807) is 0 Å². The molecule has 2 saturated heterocycles. The molecule has 0 saturated carbocycles. The molecule has 2 unspecified atom stereocenters. The van der Waals surface area contributed by atoms with Crippen LogP contribution in [0.2, 0.25) is 0 Å². The molecule has 2 aliphatic rings. The first kappa shape index (κ1) is 15.3. The van der Waals surface area contributed by atoms with Crippen LogP contribution >= 0.6 is 0 Å². The molecular weight excluding hydrogens is 284 g/mol. The van der Waals surface area contributed by atoms with E-state index in [4.69, 9.17) is 14.2 Å². The van der Waals surface area contributed by atoms with E-state index >= 15 is 0 Å². The number of ether oxygens (including phenoxy) is 3. The van der Waals surface area contributed by atoms with Crippen molar-refractivity contribution in [2.75, 3.05) is 38.3 Å². The second-order valence-electron chi connectivity index (χ2n) is 5.54. The molecule has 3 rings (SSSR count). The number of hydrogen-bond donors (Lipinski definition) is 2. The van der Waals surface area contributed by atoms with Crippen molar-refractivity contribution in [1.82, 2.24) is 5.32 Å². The van der Waals surface area contributed by atoms with Gasteiger partial charge in [0, 0.05) is 18.8 Å². The fourth-order valence-corrected chi connectivity index (χ4v) is 2.56. The number of benzene rings is 1. The van der Waals surface area contributed by atoms with Gasteiger partial charge in [0.2, 0.25) is 5.91 Å². The zero-order valence-electron chi connectivity index (χ0n) is 12.5. The summed E-state index contributed by atoms with van der Waals surface area (Å²) >= 11 is 0. The second-order valence-corrected chi connectivity index (χ2v) is 5.54. The van der Waals surface area contributed by atoms with Gasteiger partial charge < -0.3 is 24.8 Å². The highest BCUT2D eigenvalue weighted by Crippen LogP contribution is 2.18. The van der Waals surface area contributed by atoms with Crippen molar-refractivity contribution in [2.24, 2.45) is 0 Å². The predicted molar refractivity (Wildman–Crippen MR) is 82.2 cm³/mol. The summed E-state index contributed by atoms with van der Waals surface area (Å²) < 4.78 is 16.5. The number of nitrogens with one attached hydrogen (secondary N) is 2. The highest BCUT2D eigenvalue weighted by molar-refractivity contribution is 5.95. The second kappa shape index (κ2) is 7.58. The molecule has 6 nitrogen and oxygen atoms in total. The molecule has 2 N–H and O–H groups in total. The Morgan fingerprint density at radius 1 is 1.32 bits per heavy atom. The van der Waals surface area contributed by atoms with Gasteiger partial charge in [-0.05, 0) is 37.1 Å². The molecule has 0 radical (unpaired) electrons. The molecule has 2 aliphatic heterocycles. The molecule has 0 aromatic heterocycles. The Bertz CT molecular complexity index is 479. The Hall–Kier alpha value is -1.63. The molecular formula is C16H22N2O4. The lowest BCUT2D eigenvalue weighted by molar-refractivity contribution is -0.120. The van der Waals surface area contributed by atoms with Crippen LogP contribution in [0.3, 0.4) is 0 Å². The third-order valence-corrected chi connectivity index (χ3v) is 3.82. The van der Waals surface area contributed by atoms with Gasteiger partial charge in [-0.1, -0.05) is 0 Å². The van der Waals surface area contributed by atoms with Crippen LogP contribution in [-0.2, 0) is 14.3 Å². The summed E-state index contributed by atoms with van der Waals surface area (Å²) in [5.41, 5.74) is 0.752. The van der Waals surface area contributed by atoms with Gasteiger partial charge in [0.15, 0.2) is 0 Å². The number of carbonyl (C=O) groups excluding carboxylic acids is 1. The Balaban J connectivity index is 1.47. The van der Waals surface area contributed by atoms with Crippen molar-refractivity contribution in [2.45, 2.75) is 25.0 Å². The van der Waals surface area contributed by atoms with Crippen molar-refractivity contribution >= 4 is 11.6 Å². The van der Waals surface area contributed by atoms with E-state index in [9.17, 15) is 4.79 Å². The molecule has 1 aromatic carbocycles. The van der Waals surface area contributed by atoms with Gasteiger partial charge in [-0.25, -0.2) is 0 Å². The molecule has 120 valence electrons. The fourth-order valence-electron chi connectivity index (χ4n) is 2.56. The molecule has 0 aliphatic carbocycles. The molecule has 0 bridgehead atoms. The number of hydrogen-bond acceptors (Lipinski definition) is 5. The average Bonchev–Trinajstić information content (AvgIpc) is 3.08. The lowest BCUT2D eigenvalue weighted by atomic mass is 10.2. The zero-order valence-corrected chi connectivity index (χ0v) is 12.5. The summed E-state index contributed by atoms with van der Waals surface area (Å²) in [4.78, 5) is 12.1. The standard InChI is InChI=1S/C16H22N2O4/c19-16(15-11-20-9-7-17-15)18-12-3-5-13(6-4-12)22-10-14-2-1-8-21-14/h3-6,14-15,17H,1-2,7-11H2,(H,18,19). The van der Waals surface area contributed by atoms with Gasteiger partial charge in [0.05, 0.1) is 19.3 Å².